The third-order valence-corrected chi connectivity index (χ3v) is 4.07. The molecule has 0 spiro atoms. The molecule has 0 aromatic heterocycles. The number of nitrogens with one attached hydrogen (secondary N) is 1. The van der Waals surface area contributed by atoms with Crippen LogP contribution in [0.25, 0.3) is 0 Å². The summed E-state index contributed by atoms with van der Waals surface area (Å²) in [5.41, 5.74) is 1.49. The summed E-state index contributed by atoms with van der Waals surface area (Å²) in [5, 5.41) is 4.38. The van der Waals surface area contributed by atoms with E-state index in [2.05, 4.69) is 64.0 Å². The summed E-state index contributed by atoms with van der Waals surface area (Å²) in [7, 11) is 2.19. The van der Waals surface area contributed by atoms with Crippen molar-refractivity contribution >= 4 is 11.6 Å². The Morgan fingerprint density at radius 3 is 2.20 bits per heavy atom. The summed E-state index contributed by atoms with van der Waals surface area (Å²) in [6.45, 7) is 13.2. The zero-order valence-electron chi connectivity index (χ0n) is 13.7. The summed E-state index contributed by atoms with van der Waals surface area (Å²) in [6, 6.07) is 8.65. The van der Waals surface area contributed by atoms with Crippen LogP contribution in [0.15, 0.2) is 24.3 Å². The first-order chi connectivity index (χ1) is 9.19. The molecule has 0 heterocycles. The SMILES string of the molecule is CC(CNC(C)(C)C)C(C)N(C)Cc1ccc(Cl)cc1. The average Bonchev–Trinajstić information content (AvgIpc) is 2.36. The highest BCUT2D eigenvalue weighted by atomic mass is 35.5. The summed E-state index contributed by atoms with van der Waals surface area (Å²) < 4.78 is 0. The second-order valence-electron chi connectivity index (χ2n) is 6.89. The maximum atomic E-state index is 5.92. The maximum absolute atomic E-state index is 5.92. The summed E-state index contributed by atoms with van der Waals surface area (Å²) in [6.07, 6.45) is 0. The number of hydrogen-bond donors (Lipinski definition) is 1. The molecular weight excluding hydrogens is 268 g/mol. The van der Waals surface area contributed by atoms with Gasteiger partial charge < -0.3 is 5.32 Å². The van der Waals surface area contributed by atoms with Crippen LogP contribution in [0.1, 0.15) is 40.2 Å². The van der Waals surface area contributed by atoms with Crippen molar-refractivity contribution in [1.82, 2.24) is 10.2 Å². The summed E-state index contributed by atoms with van der Waals surface area (Å²) in [4.78, 5) is 2.40. The Labute approximate surface area is 129 Å². The lowest BCUT2D eigenvalue weighted by molar-refractivity contribution is 0.182. The highest BCUT2D eigenvalue weighted by molar-refractivity contribution is 6.30. The van der Waals surface area contributed by atoms with Gasteiger partial charge in [0, 0.05) is 23.1 Å². The first-order valence-electron chi connectivity index (χ1n) is 7.39. The van der Waals surface area contributed by atoms with Gasteiger partial charge in [0.05, 0.1) is 0 Å². The molecule has 2 atom stereocenters. The fourth-order valence-corrected chi connectivity index (χ4v) is 2.22. The minimum absolute atomic E-state index is 0.183. The Morgan fingerprint density at radius 1 is 1.15 bits per heavy atom. The molecule has 0 fully saturated rings. The van der Waals surface area contributed by atoms with Crippen molar-refractivity contribution in [2.75, 3.05) is 13.6 Å². The van der Waals surface area contributed by atoms with Crippen molar-refractivity contribution in [2.24, 2.45) is 5.92 Å². The molecule has 1 aromatic carbocycles. The molecule has 0 aliphatic rings. The minimum Gasteiger partial charge on any atom is -0.312 e. The Kier molecular flexibility index (Phi) is 6.50. The predicted molar refractivity (Wildman–Crippen MR) is 89.3 cm³/mol. The average molecular weight is 297 g/mol. The molecule has 0 saturated heterocycles. The van der Waals surface area contributed by atoms with E-state index in [4.69, 9.17) is 11.6 Å². The molecule has 0 saturated carbocycles. The van der Waals surface area contributed by atoms with E-state index >= 15 is 0 Å². The van der Waals surface area contributed by atoms with Gasteiger partial charge in [0.2, 0.25) is 0 Å². The number of rotatable bonds is 6. The molecule has 20 heavy (non-hydrogen) atoms. The van der Waals surface area contributed by atoms with Gasteiger partial charge in [-0.05, 0) is 64.9 Å². The lowest BCUT2D eigenvalue weighted by Crippen LogP contribution is -2.44. The third kappa shape index (κ3) is 6.25. The first kappa shape index (κ1) is 17.5. The fraction of sp³-hybridized carbons (Fsp3) is 0.647. The van der Waals surface area contributed by atoms with Gasteiger partial charge in [-0.3, -0.25) is 4.90 Å². The number of hydrogen-bond acceptors (Lipinski definition) is 2. The van der Waals surface area contributed by atoms with Gasteiger partial charge in [-0.2, -0.15) is 0 Å². The van der Waals surface area contributed by atoms with Crippen molar-refractivity contribution in [2.45, 2.75) is 52.7 Å². The highest BCUT2D eigenvalue weighted by Gasteiger charge is 2.19. The van der Waals surface area contributed by atoms with Crippen molar-refractivity contribution in [3.63, 3.8) is 0 Å². The molecule has 0 radical (unpaired) electrons. The van der Waals surface area contributed by atoms with Crippen LogP contribution in [0.3, 0.4) is 0 Å². The number of benzene rings is 1. The van der Waals surface area contributed by atoms with E-state index in [0.29, 0.717) is 12.0 Å². The molecule has 3 heteroatoms. The molecule has 1 rings (SSSR count). The van der Waals surface area contributed by atoms with Gasteiger partial charge in [-0.25, -0.2) is 0 Å². The van der Waals surface area contributed by atoms with Gasteiger partial charge in [0.15, 0.2) is 0 Å². The Morgan fingerprint density at radius 2 is 1.70 bits per heavy atom. The molecular formula is C17H29ClN2. The lowest BCUT2D eigenvalue weighted by atomic mass is 9.99. The van der Waals surface area contributed by atoms with Gasteiger partial charge in [0.1, 0.15) is 0 Å². The fourth-order valence-electron chi connectivity index (χ4n) is 2.09. The second kappa shape index (κ2) is 7.44. The van der Waals surface area contributed by atoms with E-state index in [0.717, 1.165) is 18.1 Å². The standard InChI is InChI=1S/C17H29ClN2/c1-13(11-19-17(3,4)5)14(2)20(6)12-15-7-9-16(18)10-8-15/h7-10,13-14,19H,11-12H2,1-6H3. The molecule has 2 unspecified atom stereocenters. The Balaban J connectivity index is 2.49. The molecule has 0 amide bonds. The second-order valence-corrected chi connectivity index (χ2v) is 7.33. The smallest absolute Gasteiger partial charge is 0.0406 e. The quantitative estimate of drug-likeness (QED) is 0.847. The molecule has 114 valence electrons. The van der Waals surface area contributed by atoms with Crippen LogP contribution in [0.5, 0.6) is 0 Å². The third-order valence-electron chi connectivity index (χ3n) is 3.82. The maximum Gasteiger partial charge on any atom is 0.0406 e. The molecule has 0 aliphatic carbocycles. The molecule has 0 bridgehead atoms. The zero-order chi connectivity index (χ0) is 15.3. The van der Waals surface area contributed by atoms with E-state index in [1.165, 1.54) is 5.56 Å². The Hall–Kier alpha value is -0.570. The number of nitrogens with zero attached hydrogens (tertiary/aromatic N) is 1. The van der Waals surface area contributed by atoms with E-state index in [-0.39, 0.29) is 5.54 Å². The Bertz CT molecular complexity index is 394. The summed E-state index contributed by atoms with van der Waals surface area (Å²) >= 11 is 5.92. The van der Waals surface area contributed by atoms with Crippen LogP contribution in [0.4, 0.5) is 0 Å². The normalized spacial score (nSPS) is 15.4. The van der Waals surface area contributed by atoms with Crippen LogP contribution < -0.4 is 5.32 Å². The largest absolute Gasteiger partial charge is 0.312 e. The van der Waals surface area contributed by atoms with E-state index in [1.54, 1.807) is 0 Å². The first-order valence-corrected chi connectivity index (χ1v) is 7.76. The topological polar surface area (TPSA) is 15.3 Å². The molecule has 0 aliphatic heterocycles. The van der Waals surface area contributed by atoms with E-state index < -0.39 is 0 Å². The van der Waals surface area contributed by atoms with Crippen LogP contribution in [0.2, 0.25) is 5.02 Å². The summed E-state index contributed by atoms with van der Waals surface area (Å²) in [5.74, 6) is 0.603. The van der Waals surface area contributed by atoms with Gasteiger partial charge in [-0.1, -0.05) is 30.7 Å². The van der Waals surface area contributed by atoms with Crippen molar-refractivity contribution < 1.29 is 0 Å². The minimum atomic E-state index is 0.183. The van der Waals surface area contributed by atoms with E-state index in [9.17, 15) is 0 Å². The molecule has 1 N–H and O–H groups in total. The molecule has 2 nitrogen and oxygen atoms in total. The van der Waals surface area contributed by atoms with Crippen molar-refractivity contribution in [3.05, 3.63) is 34.9 Å². The van der Waals surface area contributed by atoms with Gasteiger partial charge in [-0.15, -0.1) is 0 Å². The van der Waals surface area contributed by atoms with Gasteiger partial charge >= 0.3 is 0 Å². The van der Waals surface area contributed by atoms with Gasteiger partial charge in [0.25, 0.3) is 0 Å². The predicted octanol–water partition coefficient (Wildman–Crippen LogP) is 4.18. The monoisotopic (exact) mass is 296 g/mol. The van der Waals surface area contributed by atoms with Crippen LogP contribution in [0, 0.1) is 5.92 Å². The van der Waals surface area contributed by atoms with E-state index in [1.807, 2.05) is 12.1 Å². The van der Waals surface area contributed by atoms with Crippen LogP contribution >= 0.6 is 11.6 Å². The van der Waals surface area contributed by atoms with Crippen molar-refractivity contribution in [3.8, 4) is 0 Å². The highest BCUT2D eigenvalue weighted by Crippen LogP contribution is 2.15. The molecule has 1 aromatic rings. The van der Waals surface area contributed by atoms with Crippen LogP contribution in [-0.2, 0) is 6.54 Å². The number of halogens is 1. The van der Waals surface area contributed by atoms with Crippen molar-refractivity contribution in [1.29, 1.82) is 0 Å². The zero-order valence-corrected chi connectivity index (χ0v) is 14.5. The lowest BCUT2D eigenvalue weighted by Gasteiger charge is -2.32. The van der Waals surface area contributed by atoms with Crippen LogP contribution in [-0.4, -0.2) is 30.1 Å².